The van der Waals surface area contributed by atoms with Crippen molar-refractivity contribution in [3.63, 3.8) is 0 Å². The molecule has 2 aromatic rings. The number of halogens is 1. The first-order valence-corrected chi connectivity index (χ1v) is 8.07. The molecule has 0 fully saturated rings. The summed E-state index contributed by atoms with van der Waals surface area (Å²) in [6, 6.07) is 12.9. The van der Waals surface area contributed by atoms with E-state index in [1.807, 2.05) is 6.07 Å². The smallest absolute Gasteiger partial charge is 0.258 e. The van der Waals surface area contributed by atoms with Crippen molar-refractivity contribution in [3.05, 3.63) is 59.9 Å². The molecule has 0 saturated carbocycles. The van der Waals surface area contributed by atoms with E-state index >= 15 is 0 Å². The van der Waals surface area contributed by atoms with Crippen LogP contribution in [0.3, 0.4) is 0 Å². The highest BCUT2D eigenvalue weighted by Gasteiger charge is 2.13. The first kappa shape index (κ1) is 19.2. The lowest BCUT2D eigenvalue weighted by atomic mass is 10.1. The van der Waals surface area contributed by atoms with Crippen molar-refractivity contribution < 1.29 is 23.5 Å². The molecule has 0 aliphatic rings. The van der Waals surface area contributed by atoms with Gasteiger partial charge < -0.3 is 20.1 Å². The van der Waals surface area contributed by atoms with Crippen molar-refractivity contribution in [1.82, 2.24) is 10.6 Å². The first-order valence-electron chi connectivity index (χ1n) is 8.07. The number of benzene rings is 2. The third kappa shape index (κ3) is 5.77. The van der Waals surface area contributed by atoms with E-state index < -0.39 is 17.8 Å². The molecule has 1 atom stereocenters. The van der Waals surface area contributed by atoms with Crippen molar-refractivity contribution in [1.29, 1.82) is 0 Å². The SMILES string of the molecule is COc1ccc([C@H](C)NC(=O)CNC(=O)COc2ccccc2)cc1F. The predicted molar refractivity (Wildman–Crippen MR) is 94.5 cm³/mol. The molecular weight excluding hydrogens is 339 g/mol. The average Bonchev–Trinajstić information content (AvgIpc) is 2.65. The Labute approximate surface area is 151 Å². The summed E-state index contributed by atoms with van der Waals surface area (Å²) in [4.78, 5) is 23.6. The minimum Gasteiger partial charge on any atom is -0.494 e. The molecule has 2 aromatic carbocycles. The van der Waals surface area contributed by atoms with Crippen LogP contribution in [-0.4, -0.2) is 32.1 Å². The van der Waals surface area contributed by atoms with Crippen molar-refractivity contribution in [3.8, 4) is 11.5 Å². The minimum atomic E-state index is -0.502. The van der Waals surface area contributed by atoms with Gasteiger partial charge in [0.15, 0.2) is 18.2 Å². The number of methoxy groups -OCH3 is 1. The second kappa shape index (κ2) is 9.41. The molecule has 7 heteroatoms. The van der Waals surface area contributed by atoms with Crippen LogP contribution in [0.15, 0.2) is 48.5 Å². The third-order valence-electron chi connectivity index (χ3n) is 3.61. The Morgan fingerprint density at radius 1 is 1.12 bits per heavy atom. The first-order chi connectivity index (χ1) is 12.5. The second-order valence-electron chi connectivity index (χ2n) is 5.56. The Bertz CT molecular complexity index is 752. The zero-order chi connectivity index (χ0) is 18.9. The number of carbonyl (C=O) groups excluding carboxylic acids is 2. The van der Waals surface area contributed by atoms with E-state index in [2.05, 4.69) is 10.6 Å². The van der Waals surface area contributed by atoms with Gasteiger partial charge in [0.1, 0.15) is 5.75 Å². The molecule has 6 nitrogen and oxygen atoms in total. The van der Waals surface area contributed by atoms with E-state index in [-0.39, 0.29) is 24.8 Å². The maximum Gasteiger partial charge on any atom is 0.258 e. The number of ether oxygens (including phenoxy) is 2. The molecule has 0 aliphatic heterocycles. The maximum absolute atomic E-state index is 13.7. The standard InChI is InChI=1S/C19H21FN2O4/c1-13(14-8-9-17(25-2)16(20)10-14)22-18(23)11-21-19(24)12-26-15-6-4-3-5-7-15/h3-10,13H,11-12H2,1-2H3,(H,21,24)(H,22,23)/t13-/m0/s1. The van der Waals surface area contributed by atoms with E-state index in [4.69, 9.17) is 9.47 Å². The van der Waals surface area contributed by atoms with Gasteiger partial charge in [-0.1, -0.05) is 24.3 Å². The van der Waals surface area contributed by atoms with Crippen molar-refractivity contribution in [2.75, 3.05) is 20.3 Å². The highest BCUT2D eigenvalue weighted by atomic mass is 19.1. The van der Waals surface area contributed by atoms with Gasteiger partial charge in [-0.05, 0) is 36.8 Å². The molecule has 0 aliphatic carbocycles. The Hall–Kier alpha value is -3.09. The summed E-state index contributed by atoms with van der Waals surface area (Å²) >= 11 is 0. The molecule has 26 heavy (non-hydrogen) atoms. The lowest BCUT2D eigenvalue weighted by molar-refractivity contribution is -0.127. The van der Waals surface area contributed by atoms with Gasteiger partial charge in [0, 0.05) is 0 Å². The van der Waals surface area contributed by atoms with Crippen LogP contribution in [0, 0.1) is 5.82 Å². The average molecular weight is 360 g/mol. The van der Waals surface area contributed by atoms with Crippen LogP contribution >= 0.6 is 0 Å². The second-order valence-corrected chi connectivity index (χ2v) is 5.56. The monoisotopic (exact) mass is 360 g/mol. The van der Waals surface area contributed by atoms with E-state index in [0.29, 0.717) is 11.3 Å². The Morgan fingerprint density at radius 2 is 1.85 bits per heavy atom. The fraction of sp³-hybridized carbons (Fsp3) is 0.263. The summed E-state index contributed by atoms with van der Waals surface area (Å²) in [6.45, 7) is 1.34. The molecule has 2 rings (SSSR count). The number of hydrogen-bond donors (Lipinski definition) is 2. The quantitative estimate of drug-likeness (QED) is 0.757. The van der Waals surface area contributed by atoms with Crippen LogP contribution in [0.5, 0.6) is 11.5 Å². The van der Waals surface area contributed by atoms with Gasteiger partial charge in [0.2, 0.25) is 5.91 Å². The van der Waals surface area contributed by atoms with Crippen LogP contribution in [0.1, 0.15) is 18.5 Å². The molecule has 0 radical (unpaired) electrons. The lowest BCUT2D eigenvalue weighted by Crippen LogP contribution is -2.39. The summed E-state index contributed by atoms with van der Waals surface area (Å²) in [5.74, 6) is -0.591. The molecule has 0 spiro atoms. The molecule has 138 valence electrons. The number of hydrogen-bond acceptors (Lipinski definition) is 4. The molecular formula is C19H21FN2O4. The number of para-hydroxylation sites is 1. The zero-order valence-electron chi connectivity index (χ0n) is 14.6. The molecule has 0 aromatic heterocycles. The Morgan fingerprint density at radius 3 is 2.50 bits per heavy atom. The molecule has 0 heterocycles. The summed E-state index contributed by atoms with van der Waals surface area (Å²) in [7, 11) is 1.38. The summed E-state index contributed by atoms with van der Waals surface area (Å²) in [5.41, 5.74) is 0.593. The number of rotatable bonds is 8. The van der Waals surface area contributed by atoms with Gasteiger partial charge in [-0.25, -0.2) is 4.39 Å². The van der Waals surface area contributed by atoms with Crippen LogP contribution in [0.2, 0.25) is 0 Å². The fourth-order valence-electron chi connectivity index (χ4n) is 2.22. The van der Waals surface area contributed by atoms with Gasteiger partial charge in [0.25, 0.3) is 5.91 Å². The number of carbonyl (C=O) groups is 2. The van der Waals surface area contributed by atoms with E-state index in [9.17, 15) is 14.0 Å². The summed E-state index contributed by atoms with van der Waals surface area (Å²) in [6.07, 6.45) is 0. The normalized spacial score (nSPS) is 11.3. The number of amides is 2. The topological polar surface area (TPSA) is 76.7 Å². The van der Waals surface area contributed by atoms with E-state index in [1.54, 1.807) is 37.3 Å². The van der Waals surface area contributed by atoms with Crippen LogP contribution < -0.4 is 20.1 Å². The predicted octanol–water partition coefficient (Wildman–Crippen LogP) is 2.21. The molecule has 0 bridgehead atoms. The molecule has 2 N–H and O–H groups in total. The minimum absolute atomic E-state index is 0.137. The highest BCUT2D eigenvalue weighted by Crippen LogP contribution is 2.21. The van der Waals surface area contributed by atoms with Crippen molar-refractivity contribution >= 4 is 11.8 Å². The third-order valence-corrected chi connectivity index (χ3v) is 3.61. The largest absolute Gasteiger partial charge is 0.494 e. The van der Waals surface area contributed by atoms with Crippen molar-refractivity contribution in [2.24, 2.45) is 0 Å². The maximum atomic E-state index is 13.7. The lowest BCUT2D eigenvalue weighted by Gasteiger charge is -2.15. The van der Waals surface area contributed by atoms with Gasteiger partial charge in [-0.2, -0.15) is 0 Å². The summed E-state index contributed by atoms with van der Waals surface area (Å²) in [5, 5.41) is 5.16. The van der Waals surface area contributed by atoms with Crippen LogP contribution in [-0.2, 0) is 9.59 Å². The molecule has 2 amide bonds. The molecule has 0 saturated heterocycles. The van der Waals surface area contributed by atoms with Gasteiger partial charge in [-0.15, -0.1) is 0 Å². The molecule has 0 unspecified atom stereocenters. The Kier molecular flexibility index (Phi) is 6.96. The van der Waals surface area contributed by atoms with Crippen LogP contribution in [0.25, 0.3) is 0 Å². The van der Waals surface area contributed by atoms with Crippen molar-refractivity contribution in [2.45, 2.75) is 13.0 Å². The van der Waals surface area contributed by atoms with Gasteiger partial charge in [-0.3, -0.25) is 9.59 Å². The fourth-order valence-corrected chi connectivity index (χ4v) is 2.22. The number of nitrogens with one attached hydrogen (secondary N) is 2. The van der Waals surface area contributed by atoms with Crippen LogP contribution in [0.4, 0.5) is 4.39 Å². The zero-order valence-corrected chi connectivity index (χ0v) is 14.6. The highest BCUT2D eigenvalue weighted by molar-refractivity contribution is 5.85. The van der Waals surface area contributed by atoms with Gasteiger partial charge >= 0.3 is 0 Å². The van der Waals surface area contributed by atoms with E-state index in [0.717, 1.165) is 0 Å². The Balaban J connectivity index is 1.75. The van der Waals surface area contributed by atoms with Gasteiger partial charge in [0.05, 0.1) is 19.7 Å². The summed E-state index contributed by atoms with van der Waals surface area (Å²) < 4.78 is 23.9. The van der Waals surface area contributed by atoms with E-state index in [1.165, 1.54) is 19.2 Å².